The Hall–Kier alpha value is -1.74. The number of pyridine rings is 1. The average molecular weight is 231 g/mol. The van der Waals surface area contributed by atoms with Crippen LogP contribution in [-0.4, -0.2) is 10.1 Å². The van der Waals surface area contributed by atoms with Crippen LogP contribution in [0.2, 0.25) is 0 Å². The lowest BCUT2D eigenvalue weighted by atomic mass is 9.98. The first-order valence-electron chi connectivity index (χ1n) is 5.44. The number of nitrogens with zero attached hydrogens (tertiary/aromatic N) is 1. The summed E-state index contributed by atoms with van der Waals surface area (Å²) < 4.78 is 13.2. The number of aliphatic hydroxyl groups excluding tert-OH is 1. The van der Waals surface area contributed by atoms with Gasteiger partial charge in [-0.15, -0.1) is 0 Å². The Kier molecular flexibility index (Phi) is 3.20. The van der Waals surface area contributed by atoms with Gasteiger partial charge in [-0.1, -0.05) is 6.07 Å². The maximum absolute atomic E-state index is 13.2. The number of aromatic nitrogens is 1. The Morgan fingerprint density at radius 1 is 1.18 bits per heavy atom. The third-order valence-corrected chi connectivity index (χ3v) is 2.77. The summed E-state index contributed by atoms with van der Waals surface area (Å²) in [6, 6.07) is 7.97. The van der Waals surface area contributed by atoms with E-state index < -0.39 is 6.10 Å². The number of hydrogen-bond donors (Lipinski definition) is 1. The highest BCUT2D eigenvalue weighted by atomic mass is 19.1. The van der Waals surface area contributed by atoms with E-state index in [0.717, 1.165) is 16.8 Å². The third kappa shape index (κ3) is 2.50. The topological polar surface area (TPSA) is 33.1 Å². The largest absolute Gasteiger partial charge is 0.384 e. The molecule has 0 spiro atoms. The molecule has 0 fully saturated rings. The van der Waals surface area contributed by atoms with Crippen LogP contribution in [0.25, 0.3) is 0 Å². The first-order valence-corrected chi connectivity index (χ1v) is 5.44. The molecule has 17 heavy (non-hydrogen) atoms. The van der Waals surface area contributed by atoms with Crippen molar-refractivity contribution in [3.8, 4) is 0 Å². The fourth-order valence-corrected chi connectivity index (χ4v) is 1.82. The van der Waals surface area contributed by atoms with Crippen molar-refractivity contribution in [3.05, 3.63) is 64.7 Å². The third-order valence-electron chi connectivity index (χ3n) is 2.77. The molecule has 0 saturated heterocycles. The van der Waals surface area contributed by atoms with Crippen molar-refractivity contribution in [1.29, 1.82) is 0 Å². The molecule has 0 saturated carbocycles. The van der Waals surface area contributed by atoms with E-state index in [9.17, 15) is 9.50 Å². The summed E-state index contributed by atoms with van der Waals surface area (Å²) in [5.41, 5.74) is 3.02. The van der Waals surface area contributed by atoms with Gasteiger partial charge < -0.3 is 5.11 Å². The second-order valence-electron chi connectivity index (χ2n) is 4.13. The van der Waals surface area contributed by atoms with Crippen LogP contribution >= 0.6 is 0 Å². The molecule has 0 radical (unpaired) electrons. The summed E-state index contributed by atoms with van der Waals surface area (Å²) in [6.07, 6.45) is 0.829. The van der Waals surface area contributed by atoms with E-state index in [2.05, 4.69) is 4.98 Å². The van der Waals surface area contributed by atoms with Crippen LogP contribution in [0.3, 0.4) is 0 Å². The molecule has 0 aliphatic heterocycles. The molecule has 1 aromatic heterocycles. The van der Waals surface area contributed by atoms with Gasteiger partial charge in [0, 0.05) is 11.9 Å². The molecule has 0 bridgehead atoms. The van der Waals surface area contributed by atoms with Crippen molar-refractivity contribution in [2.24, 2.45) is 0 Å². The fourth-order valence-electron chi connectivity index (χ4n) is 1.82. The molecule has 88 valence electrons. The Labute approximate surface area is 99.8 Å². The molecule has 1 N–H and O–H groups in total. The standard InChI is InChI=1S/C14H14FNO/c1-9-3-4-12(15)8-13(9)14(17)11-5-6-16-10(2)7-11/h3-8,14,17H,1-2H3. The highest BCUT2D eigenvalue weighted by molar-refractivity contribution is 5.35. The molecule has 2 rings (SSSR count). The molecule has 2 aromatic rings. The van der Waals surface area contributed by atoms with Crippen LogP contribution in [-0.2, 0) is 0 Å². The van der Waals surface area contributed by atoms with Gasteiger partial charge in [0.25, 0.3) is 0 Å². The van der Waals surface area contributed by atoms with Crippen LogP contribution in [0.4, 0.5) is 4.39 Å². The predicted molar refractivity (Wildman–Crippen MR) is 64.2 cm³/mol. The smallest absolute Gasteiger partial charge is 0.123 e. The van der Waals surface area contributed by atoms with Crippen molar-refractivity contribution in [2.75, 3.05) is 0 Å². The SMILES string of the molecule is Cc1cc(C(O)c2cc(F)ccc2C)ccn1. The van der Waals surface area contributed by atoms with E-state index in [1.54, 1.807) is 24.4 Å². The zero-order valence-corrected chi connectivity index (χ0v) is 9.81. The number of benzene rings is 1. The molecule has 0 amide bonds. The molecule has 2 nitrogen and oxygen atoms in total. The van der Waals surface area contributed by atoms with Gasteiger partial charge in [-0.3, -0.25) is 4.98 Å². The quantitative estimate of drug-likeness (QED) is 0.862. The van der Waals surface area contributed by atoms with Crippen LogP contribution in [0, 0.1) is 19.7 Å². The van der Waals surface area contributed by atoms with E-state index in [4.69, 9.17) is 0 Å². The normalized spacial score (nSPS) is 12.5. The molecule has 0 aliphatic carbocycles. The minimum Gasteiger partial charge on any atom is -0.384 e. The van der Waals surface area contributed by atoms with Crippen LogP contribution in [0.5, 0.6) is 0 Å². The van der Waals surface area contributed by atoms with Gasteiger partial charge in [0.05, 0.1) is 0 Å². The van der Waals surface area contributed by atoms with Crippen LogP contribution in [0.1, 0.15) is 28.5 Å². The highest BCUT2D eigenvalue weighted by Crippen LogP contribution is 2.25. The minimum atomic E-state index is -0.813. The maximum Gasteiger partial charge on any atom is 0.123 e. The van der Waals surface area contributed by atoms with Gasteiger partial charge in [-0.05, 0) is 54.8 Å². The molecular formula is C14H14FNO. The summed E-state index contributed by atoms with van der Waals surface area (Å²) >= 11 is 0. The summed E-state index contributed by atoms with van der Waals surface area (Å²) in [7, 11) is 0. The van der Waals surface area contributed by atoms with E-state index in [1.807, 2.05) is 13.8 Å². The first kappa shape index (κ1) is 11.7. The lowest BCUT2D eigenvalue weighted by molar-refractivity contribution is 0.219. The monoisotopic (exact) mass is 231 g/mol. The van der Waals surface area contributed by atoms with Gasteiger partial charge >= 0.3 is 0 Å². The molecule has 1 heterocycles. The summed E-state index contributed by atoms with van der Waals surface area (Å²) in [5, 5.41) is 10.2. The Morgan fingerprint density at radius 2 is 1.94 bits per heavy atom. The van der Waals surface area contributed by atoms with Gasteiger partial charge in [0.15, 0.2) is 0 Å². The second-order valence-corrected chi connectivity index (χ2v) is 4.13. The van der Waals surface area contributed by atoms with E-state index in [1.165, 1.54) is 12.1 Å². The van der Waals surface area contributed by atoms with E-state index >= 15 is 0 Å². The van der Waals surface area contributed by atoms with Crippen molar-refractivity contribution in [3.63, 3.8) is 0 Å². The zero-order valence-electron chi connectivity index (χ0n) is 9.81. The van der Waals surface area contributed by atoms with E-state index in [0.29, 0.717) is 5.56 Å². The zero-order chi connectivity index (χ0) is 12.4. The van der Waals surface area contributed by atoms with Gasteiger partial charge in [0.2, 0.25) is 0 Å². The van der Waals surface area contributed by atoms with Gasteiger partial charge in [0.1, 0.15) is 11.9 Å². The highest BCUT2D eigenvalue weighted by Gasteiger charge is 2.13. The predicted octanol–water partition coefficient (Wildman–Crippen LogP) is 2.92. The summed E-state index contributed by atoms with van der Waals surface area (Å²) in [5.74, 6) is -0.338. The number of aryl methyl sites for hydroxylation is 2. The average Bonchev–Trinajstić information content (AvgIpc) is 2.31. The molecule has 3 heteroatoms. The van der Waals surface area contributed by atoms with Crippen molar-refractivity contribution < 1.29 is 9.50 Å². The Morgan fingerprint density at radius 3 is 2.65 bits per heavy atom. The van der Waals surface area contributed by atoms with Crippen molar-refractivity contribution in [1.82, 2.24) is 4.98 Å². The maximum atomic E-state index is 13.2. The number of halogens is 1. The van der Waals surface area contributed by atoms with Crippen LogP contribution < -0.4 is 0 Å². The Bertz CT molecular complexity index is 539. The molecular weight excluding hydrogens is 217 g/mol. The number of aliphatic hydroxyl groups is 1. The lowest BCUT2D eigenvalue weighted by Crippen LogP contribution is -2.03. The summed E-state index contributed by atoms with van der Waals surface area (Å²) in [4.78, 5) is 4.07. The van der Waals surface area contributed by atoms with Crippen LogP contribution in [0.15, 0.2) is 36.5 Å². The van der Waals surface area contributed by atoms with Crippen molar-refractivity contribution in [2.45, 2.75) is 20.0 Å². The molecule has 1 atom stereocenters. The second kappa shape index (κ2) is 4.63. The minimum absolute atomic E-state index is 0.338. The molecule has 1 aromatic carbocycles. The molecule has 0 aliphatic rings. The van der Waals surface area contributed by atoms with E-state index in [-0.39, 0.29) is 5.82 Å². The van der Waals surface area contributed by atoms with Gasteiger partial charge in [-0.25, -0.2) is 4.39 Å². The fraction of sp³-hybridized carbons (Fsp3) is 0.214. The Balaban J connectivity index is 2.43. The molecule has 1 unspecified atom stereocenters. The van der Waals surface area contributed by atoms with Crippen molar-refractivity contribution >= 4 is 0 Å². The van der Waals surface area contributed by atoms with Gasteiger partial charge in [-0.2, -0.15) is 0 Å². The summed E-state index contributed by atoms with van der Waals surface area (Å²) in [6.45, 7) is 3.71. The first-order chi connectivity index (χ1) is 8.08. The number of rotatable bonds is 2. The number of hydrogen-bond acceptors (Lipinski definition) is 2. The lowest BCUT2D eigenvalue weighted by Gasteiger charge is -2.14.